The highest BCUT2D eigenvalue weighted by Crippen LogP contribution is 2.21. The van der Waals surface area contributed by atoms with Crippen LogP contribution < -0.4 is 0 Å². The lowest BCUT2D eigenvalue weighted by molar-refractivity contribution is 0.588. The van der Waals surface area contributed by atoms with Gasteiger partial charge >= 0.3 is 0 Å². The van der Waals surface area contributed by atoms with Gasteiger partial charge in [0.25, 0.3) is 0 Å². The molecule has 0 radical (unpaired) electrons. The highest BCUT2D eigenvalue weighted by molar-refractivity contribution is 7.94. The molecule has 0 saturated carbocycles. The van der Waals surface area contributed by atoms with Gasteiger partial charge in [0.05, 0.1) is 5.75 Å². The minimum atomic E-state index is -3.44. The summed E-state index contributed by atoms with van der Waals surface area (Å²) in [5.41, 5.74) is 0. The summed E-state index contributed by atoms with van der Waals surface area (Å²) in [6.45, 7) is 2.63. The van der Waals surface area contributed by atoms with Crippen molar-refractivity contribution in [3.05, 3.63) is 0 Å². The Bertz CT molecular complexity index is 249. The average Bonchev–Trinajstić information content (AvgIpc) is 1.88. The lowest BCUT2D eigenvalue weighted by atomic mass is 10.5. The summed E-state index contributed by atoms with van der Waals surface area (Å²) in [4.78, 5) is 0. The Kier molecular flexibility index (Phi) is 2.69. The largest absolute Gasteiger partial charge is 0.227 e. The van der Waals surface area contributed by atoms with Gasteiger partial charge in [-0.05, 0) is 6.92 Å². The highest BCUT2D eigenvalue weighted by Gasteiger charge is 2.35. The van der Waals surface area contributed by atoms with Crippen molar-refractivity contribution in [3.8, 4) is 6.07 Å². The Labute approximate surface area is 65.5 Å². The fraction of sp³-hybridized carbons (Fsp3) is 0.800. The third-order valence-electron chi connectivity index (χ3n) is 1.16. The van der Waals surface area contributed by atoms with Crippen LogP contribution in [0.1, 0.15) is 13.8 Å². The Morgan fingerprint density at radius 1 is 1.70 bits per heavy atom. The minimum Gasteiger partial charge on any atom is -0.226 e. The van der Waals surface area contributed by atoms with Crippen LogP contribution in [-0.4, -0.2) is 18.4 Å². The van der Waals surface area contributed by atoms with Crippen LogP contribution >= 0.6 is 11.6 Å². The fourth-order valence-electron chi connectivity index (χ4n) is 0.341. The van der Waals surface area contributed by atoms with Crippen LogP contribution in [0.25, 0.3) is 0 Å². The number of alkyl halides is 1. The standard InChI is InChI=1S/C5H8ClNO2S/c1-3-10(8,9)5(2,6)4-7/h3H2,1-2H3. The van der Waals surface area contributed by atoms with Gasteiger partial charge in [-0.2, -0.15) is 5.26 Å². The van der Waals surface area contributed by atoms with Crippen LogP contribution in [0.4, 0.5) is 0 Å². The Hall–Kier alpha value is -0.270. The maximum atomic E-state index is 10.9. The second-order valence-corrected chi connectivity index (χ2v) is 5.54. The SMILES string of the molecule is CCS(=O)(=O)C(C)(Cl)C#N. The van der Waals surface area contributed by atoms with Gasteiger partial charge < -0.3 is 0 Å². The molecule has 0 N–H and O–H groups in total. The first-order chi connectivity index (χ1) is 4.37. The molecular weight excluding hydrogens is 174 g/mol. The second kappa shape index (κ2) is 2.77. The van der Waals surface area contributed by atoms with E-state index in [0.717, 1.165) is 0 Å². The Morgan fingerprint density at radius 2 is 2.10 bits per heavy atom. The topological polar surface area (TPSA) is 57.9 Å². The summed E-state index contributed by atoms with van der Waals surface area (Å²) in [5.74, 6) is -0.111. The molecule has 0 aromatic carbocycles. The first-order valence-corrected chi connectivity index (χ1v) is 4.73. The van der Waals surface area contributed by atoms with E-state index < -0.39 is 14.0 Å². The average molecular weight is 182 g/mol. The number of hydrogen-bond acceptors (Lipinski definition) is 3. The van der Waals surface area contributed by atoms with Crippen molar-refractivity contribution in [2.75, 3.05) is 5.75 Å². The van der Waals surface area contributed by atoms with Gasteiger partial charge in [0.1, 0.15) is 6.07 Å². The molecule has 0 aliphatic heterocycles. The lowest BCUT2D eigenvalue weighted by Gasteiger charge is -2.10. The summed E-state index contributed by atoms with van der Waals surface area (Å²) in [7, 11) is -3.44. The predicted molar refractivity (Wildman–Crippen MR) is 39.3 cm³/mol. The number of sulfone groups is 1. The van der Waals surface area contributed by atoms with Crippen LogP contribution in [0, 0.1) is 11.3 Å². The molecule has 0 aliphatic carbocycles. The highest BCUT2D eigenvalue weighted by atomic mass is 35.5. The van der Waals surface area contributed by atoms with Crippen LogP contribution in [0.3, 0.4) is 0 Å². The van der Waals surface area contributed by atoms with Crippen molar-refractivity contribution in [2.24, 2.45) is 0 Å². The summed E-state index contributed by atoms with van der Waals surface area (Å²) in [6, 6.07) is 1.51. The number of hydrogen-bond donors (Lipinski definition) is 0. The summed E-state index contributed by atoms with van der Waals surface area (Å²) in [5, 5.41) is 8.30. The number of rotatable bonds is 2. The van der Waals surface area contributed by atoms with E-state index >= 15 is 0 Å². The molecular formula is C5H8ClNO2S. The van der Waals surface area contributed by atoms with Crippen molar-refractivity contribution in [2.45, 2.75) is 18.1 Å². The molecule has 0 aromatic rings. The first kappa shape index (κ1) is 9.73. The first-order valence-electron chi connectivity index (χ1n) is 2.70. The summed E-state index contributed by atoms with van der Waals surface area (Å²) >= 11 is 5.36. The van der Waals surface area contributed by atoms with Crippen LogP contribution in [0.2, 0.25) is 0 Å². The van der Waals surface area contributed by atoms with E-state index in [0.29, 0.717) is 0 Å². The number of halogens is 1. The second-order valence-electron chi connectivity index (χ2n) is 1.93. The third-order valence-corrected chi connectivity index (χ3v) is 3.97. The Balaban J connectivity index is 4.88. The molecule has 0 spiro atoms. The zero-order valence-electron chi connectivity index (χ0n) is 5.76. The number of nitriles is 1. The van der Waals surface area contributed by atoms with Crippen LogP contribution in [0.15, 0.2) is 0 Å². The van der Waals surface area contributed by atoms with Gasteiger partial charge in [-0.3, -0.25) is 0 Å². The molecule has 58 valence electrons. The molecule has 0 amide bonds. The maximum Gasteiger partial charge on any atom is 0.227 e. The molecule has 0 aliphatic rings. The van der Waals surface area contributed by atoms with Gasteiger partial charge in [-0.1, -0.05) is 18.5 Å². The van der Waals surface area contributed by atoms with E-state index in [1.54, 1.807) is 0 Å². The van der Waals surface area contributed by atoms with Crippen molar-refractivity contribution in [1.29, 1.82) is 5.26 Å². The molecule has 3 nitrogen and oxygen atoms in total. The van der Waals surface area contributed by atoms with Gasteiger partial charge in [0.15, 0.2) is 9.84 Å². The number of nitrogens with zero attached hydrogens (tertiary/aromatic N) is 1. The molecule has 0 bridgehead atoms. The van der Waals surface area contributed by atoms with E-state index in [2.05, 4.69) is 0 Å². The predicted octanol–water partition coefficient (Wildman–Crippen LogP) is 0.900. The molecule has 0 rings (SSSR count). The fourth-order valence-corrected chi connectivity index (χ4v) is 1.35. The van der Waals surface area contributed by atoms with Gasteiger partial charge in [-0.15, -0.1) is 0 Å². The van der Waals surface area contributed by atoms with E-state index in [4.69, 9.17) is 16.9 Å². The van der Waals surface area contributed by atoms with Crippen molar-refractivity contribution < 1.29 is 8.42 Å². The van der Waals surface area contributed by atoms with E-state index in [1.165, 1.54) is 19.9 Å². The van der Waals surface area contributed by atoms with E-state index in [-0.39, 0.29) is 5.75 Å². The molecule has 5 heteroatoms. The minimum absolute atomic E-state index is 0.111. The van der Waals surface area contributed by atoms with Crippen molar-refractivity contribution in [1.82, 2.24) is 0 Å². The zero-order chi connectivity index (χ0) is 8.41. The molecule has 0 heterocycles. The quantitative estimate of drug-likeness (QED) is 0.595. The Morgan fingerprint density at radius 3 is 2.20 bits per heavy atom. The molecule has 1 unspecified atom stereocenters. The van der Waals surface area contributed by atoms with Gasteiger partial charge in [0, 0.05) is 0 Å². The zero-order valence-corrected chi connectivity index (χ0v) is 7.33. The van der Waals surface area contributed by atoms with E-state index in [1.807, 2.05) is 0 Å². The van der Waals surface area contributed by atoms with Gasteiger partial charge in [0.2, 0.25) is 4.21 Å². The normalized spacial score (nSPS) is 17.4. The van der Waals surface area contributed by atoms with E-state index in [9.17, 15) is 8.42 Å². The molecule has 0 aromatic heterocycles. The molecule has 0 fully saturated rings. The van der Waals surface area contributed by atoms with Crippen LogP contribution in [-0.2, 0) is 9.84 Å². The monoisotopic (exact) mass is 181 g/mol. The van der Waals surface area contributed by atoms with Gasteiger partial charge in [-0.25, -0.2) is 8.42 Å². The lowest BCUT2D eigenvalue weighted by Crippen LogP contribution is -2.28. The third kappa shape index (κ3) is 1.61. The summed E-state index contributed by atoms with van der Waals surface area (Å²) < 4.78 is 20.0. The van der Waals surface area contributed by atoms with Crippen molar-refractivity contribution >= 4 is 21.4 Å². The molecule has 10 heavy (non-hydrogen) atoms. The smallest absolute Gasteiger partial charge is 0.226 e. The molecule has 0 saturated heterocycles. The van der Waals surface area contributed by atoms with Crippen molar-refractivity contribution in [3.63, 3.8) is 0 Å². The molecule has 1 atom stereocenters. The van der Waals surface area contributed by atoms with Crippen LogP contribution in [0.5, 0.6) is 0 Å². The maximum absolute atomic E-state index is 10.9. The summed E-state index contributed by atoms with van der Waals surface area (Å²) in [6.07, 6.45) is 0.